The number of halogens is 6. The molecule has 0 fully saturated rings. The van der Waals surface area contributed by atoms with Gasteiger partial charge in [-0.05, 0) is 0 Å². The summed E-state index contributed by atoms with van der Waals surface area (Å²) in [5, 5.41) is 0.997. The zero-order valence-corrected chi connectivity index (χ0v) is 7.24. The lowest BCUT2D eigenvalue weighted by Crippen LogP contribution is -2.50. The molecule has 0 aromatic rings. The Bertz CT molecular complexity index is 232. The number of rotatable bonds is 5. The smallest absolute Gasteiger partial charge is 0.345 e. The molecule has 0 aromatic carbocycles. The molecule has 1 amide bonds. The third-order valence-corrected chi connectivity index (χ3v) is 1.38. The molecule has 0 aromatic heterocycles. The van der Waals surface area contributed by atoms with Crippen LogP contribution < -0.4 is 11.1 Å². The Morgan fingerprint density at radius 1 is 1.27 bits per heavy atom. The van der Waals surface area contributed by atoms with Crippen LogP contribution in [0.25, 0.3) is 0 Å². The number of nitrogens with one attached hydrogen (secondary N) is 1. The zero-order valence-electron chi connectivity index (χ0n) is 7.24. The van der Waals surface area contributed by atoms with E-state index < -0.39 is 37.3 Å². The van der Waals surface area contributed by atoms with Gasteiger partial charge in [-0.25, -0.2) is 17.6 Å². The van der Waals surface area contributed by atoms with Crippen LogP contribution in [0.2, 0.25) is 0 Å². The number of alkyl halides is 6. The quantitative estimate of drug-likeness (QED) is 0.689. The van der Waals surface area contributed by atoms with Crippen molar-refractivity contribution in [2.75, 3.05) is 13.1 Å². The fourth-order valence-corrected chi connectivity index (χ4v) is 0.499. The van der Waals surface area contributed by atoms with Gasteiger partial charge in [-0.15, -0.1) is 0 Å². The van der Waals surface area contributed by atoms with Gasteiger partial charge in [0.15, 0.2) is 0 Å². The molecular formula is C6H8F6N2O. The molecule has 90 valence electrons. The van der Waals surface area contributed by atoms with Crippen molar-refractivity contribution >= 4 is 5.91 Å². The first-order valence-electron chi connectivity index (χ1n) is 3.65. The van der Waals surface area contributed by atoms with E-state index in [2.05, 4.69) is 5.73 Å². The highest BCUT2D eigenvalue weighted by Crippen LogP contribution is 2.23. The maximum Gasteiger partial charge on any atom is 0.383 e. The molecule has 0 rings (SSSR count). The molecule has 3 N–H and O–H groups in total. The summed E-state index contributed by atoms with van der Waals surface area (Å²) >= 11 is 0. The molecule has 9 heteroatoms. The van der Waals surface area contributed by atoms with E-state index >= 15 is 0 Å². The largest absolute Gasteiger partial charge is 0.383 e. The summed E-state index contributed by atoms with van der Waals surface area (Å²) in [5.74, 6) is -11.0. The Labute approximate surface area is 80.6 Å². The van der Waals surface area contributed by atoms with Crippen LogP contribution in [-0.4, -0.2) is 37.3 Å². The lowest BCUT2D eigenvalue weighted by Gasteiger charge is -2.18. The average Bonchev–Trinajstić information content (AvgIpc) is 2.14. The van der Waals surface area contributed by atoms with Gasteiger partial charge in [0.2, 0.25) is 0 Å². The monoisotopic (exact) mass is 238 g/mol. The molecule has 0 heterocycles. The highest BCUT2D eigenvalue weighted by molar-refractivity contribution is 5.83. The van der Waals surface area contributed by atoms with E-state index in [4.69, 9.17) is 0 Å². The van der Waals surface area contributed by atoms with E-state index in [0.29, 0.717) is 0 Å². The molecule has 0 aliphatic heterocycles. The number of carbonyl (C=O) groups excluding carboxylic acids is 1. The third-order valence-electron chi connectivity index (χ3n) is 1.38. The standard InChI is InChI=1S/C6H8F6N2O/c7-3(8)6(11,12)4(15)14-2-5(9,10)1-13/h3H,1-2,13H2,(H,14,15). The van der Waals surface area contributed by atoms with E-state index in [0.717, 1.165) is 5.32 Å². The second-order valence-electron chi connectivity index (χ2n) is 2.67. The number of hydrogen-bond donors (Lipinski definition) is 2. The number of amides is 1. The molecule has 0 bridgehead atoms. The van der Waals surface area contributed by atoms with E-state index in [9.17, 15) is 31.1 Å². The molecule has 0 aliphatic carbocycles. The van der Waals surface area contributed by atoms with Gasteiger partial charge >= 0.3 is 12.3 Å². The molecule has 0 atom stereocenters. The molecular weight excluding hydrogens is 230 g/mol. The van der Waals surface area contributed by atoms with Crippen LogP contribution >= 0.6 is 0 Å². The molecule has 3 nitrogen and oxygen atoms in total. The first-order chi connectivity index (χ1) is 6.63. The third kappa shape index (κ3) is 3.94. The van der Waals surface area contributed by atoms with E-state index in [1.165, 1.54) is 0 Å². The van der Waals surface area contributed by atoms with Crippen molar-refractivity contribution < 1.29 is 31.1 Å². The molecule has 0 spiro atoms. The summed E-state index contributed by atoms with van der Waals surface area (Å²) < 4.78 is 72.1. The van der Waals surface area contributed by atoms with Crippen molar-refractivity contribution in [3.8, 4) is 0 Å². The molecule has 0 saturated heterocycles. The van der Waals surface area contributed by atoms with E-state index in [-0.39, 0.29) is 0 Å². The number of carbonyl (C=O) groups is 1. The van der Waals surface area contributed by atoms with Gasteiger partial charge in [0.1, 0.15) is 0 Å². The Morgan fingerprint density at radius 3 is 2.07 bits per heavy atom. The number of hydrogen-bond acceptors (Lipinski definition) is 2. The van der Waals surface area contributed by atoms with Gasteiger partial charge in [0.05, 0.1) is 13.1 Å². The maximum atomic E-state index is 12.3. The zero-order chi connectivity index (χ0) is 12.3. The van der Waals surface area contributed by atoms with Gasteiger partial charge in [-0.2, -0.15) is 8.78 Å². The van der Waals surface area contributed by atoms with Gasteiger partial charge in [0, 0.05) is 0 Å². The van der Waals surface area contributed by atoms with E-state index in [1.54, 1.807) is 0 Å². The lowest BCUT2D eigenvalue weighted by molar-refractivity contribution is -0.170. The van der Waals surface area contributed by atoms with Gasteiger partial charge in [0.25, 0.3) is 11.8 Å². The van der Waals surface area contributed by atoms with Crippen molar-refractivity contribution in [2.45, 2.75) is 18.3 Å². The van der Waals surface area contributed by atoms with Crippen molar-refractivity contribution in [3.63, 3.8) is 0 Å². The highest BCUT2D eigenvalue weighted by Gasteiger charge is 2.49. The van der Waals surface area contributed by atoms with Gasteiger partial charge in [-0.1, -0.05) is 0 Å². The summed E-state index contributed by atoms with van der Waals surface area (Å²) in [6.45, 7) is -2.70. The minimum absolute atomic E-state index is 0.997. The van der Waals surface area contributed by atoms with Crippen LogP contribution in [0.4, 0.5) is 26.3 Å². The molecule has 0 unspecified atom stereocenters. The first kappa shape index (κ1) is 14.0. The summed E-state index contributed by atoms with van der Waals surface area (Å²) in [6, 6.07) is 0. The summed E-state index contributed by atoms with van der Waals surface area (Å²) in [4.78, 5) is 10.4. The highest BCUT2D eigenvalue weighted by atomic mass is 19.3. The minimum Gasteiger partial charge on any atom is -0.345 e. The van der Waals surface area contributed by atoms with Crippen LogP contribution in [0.1, 0.15) is 0 Å². The Balaban J connectivity index is 4.28. The molecule has 0 saturated carbocycles. The summed E-state index contributed by atoms with van der Waals surface area (Å²) in [6.07, 6.45) is -4.25. The average molecular weight is 238 g/mol. The predicted octanol–water partition coefficient (Wildman–Crippen LogP) is 0.597. The SMILES string of the molecule is NCC(F)(F)CNC(=O)C(F)(F)C(F)F. The van der Waals surface area contributed by atoms with E-state index in [1.807, 2.05) is 0 Å². The Morgan fingerprint density at radius 2 is 1.73 bits per heavy atom. The Kier molecular flexibility index (Phi) is 4.38. The van der Waals surface area contributed by atoms with Gasteiger partial charge in [-0.3, -0.25) is 4.79 Å². The van der Waals surface area contributed by atoms with Crippen molar-refractivity contribution in [2.24, 2.45) is 5.73 Å². The van der Waals surface area contributed by atoms with Crippen LogP contribution in [-0.2, 0) is 4.79 Å². The number of nitrogens with two attached hydrogens (primary N) is 1. The van der Waals surface area contributed by atoms with Crippen molar-refractivity contribution in [3.05, 3.63) is 0 Å². The van der Waals surface area contributed by atoms with Crippen LogP contribution in [0.3, 0.4) is 0 Å². The normalized spacial score (nSPS) is 13.1. The second kappa shape index (κ2) is 4.69. The summed E-state index contributed by atoms with van der Waals surface area (Å²) in [7, 11) is 0. The van der Waals surface area contributed by atoms with Crippen molar-refractivity contribution in [1.29, 1.82) is 0 Å². The predicted molar refractivity (Wildman–Crippen MR) is 38.0 cm³/mol. The fraction of sp³-hybridized carbons (Fsp3) is 0.833. The summed E-state index contributed by atoms with van der Waals surface area (Å²) in [5.41, 5.74) is 4.52. The first-order valence-corrected chi connectivity index (χ1v) is 3.65. The maximum absolute atomic E-state index is 12.3. The van der Waals surface area contributed by atoms with Crippen molar-refractivity contribution in [1.82, 2.24) is 5.32 Å². The van der Waals surface area contributed by atoms with Crippen LogP contribution in [0, 0.1) is 0 Å². The topological polar surface area (TPSA) is 55.1 Å². The minimum atomic E-state index is -4.98. The van der Waals surface area contributed by atoms with Crippen LogP contribution in [0.15, 0.2) is 0 Å². The molecule has 0 aliphatic rings. The Hall–Kier alpha value is -0.990. The van der Waals surface area contributed by atoms with Gasteiger partial charge < -0.3 is 11.1 Å². The van der Waals surface area contributed by atoms with Crippen LogP contribution in [0.5, 0.6) is 0 Å². The lowest BCUT2D eigenvalue weighted by atomic mass is 10.3. The molecule has 15 heavy (non-hydrogen) atoms. The fourth-order valence-electron chi connectivity index (χ4n) is 0.499. The second-order valence-corrected chi connectivity index (χ2v) is 2.67. The molecule has 0 radical (unpaired) electrons.